The van der Waals surface area contributed by atoms with Gasteiger partial charge in [0, 0.05) is 30.2 Å². The molecular weight excluding hydrogens is 273 g/mol. The van der Waals surface area contributed by atoms with E-state index in [1.807, 2.05) is 4.90 Å². The summed E-state index contributed by atoms with van der Waals surface area (Å²) in [5.74, 6) is -0.752. The van der Waals surface area contributed by atoms with Gasteiger partial charge in [-0.25, -0.2) is 9.18 Å². The summed E-state index contributed by atoms with van der Waals surface area (Å²) < 4.78 is 23.7. The molecule has 1 fully saturated rings. The minimum Gasteiger partial charge on any atom is -0.467 e. The van der Waals surface area contributed by atoms with E-state index in [0.29, 0.717) is 36.8 Å². The van der Waals surface area contributed by atoms with Gasteiger partial charge >= 0.3 is 5.97 Å². The molecule has 0 amide bonds. The summed E-state index contributed by atoms with van der Waals surface area (Å²) in [4.78, 5) is 13.4. The molecule has 6 heteroatoms. The van der Waals surface area contributed by atoms with Gasteiger partial charge in [0.15, 0.2) is 6.10 Å². The lowest BCUT2D eigenvalue weighted by Gasteiger charge is -2.31. The van der Waals surface area contributed by atoms with Crippen LogP contribution in [0, 0.1) is 5.82 Å². The number of carbonyl (C=O) groups excluding carboxylic acids is 1. The molecule has 0 aliphatic carbocycles. The largest absolute Gasteiger partial charge is 0.467 e. The fraction of sp³-hybridized carbons (Fsp3) is 0.462. The van der Waals surface area contributed by atoms with Crippen molar-refractivity contribution >= 4 is 17.6 Å². The molecule has 1 unspecified atom stereocenters. The normalized spacial score (nSPS) is 20.3. The van der Waals surface area contributed by atoms with Crippen LogP contribution in [0.2, 0.25) is 5.02 Å². The van der Waals surface area contributed by atoms with Crippen LogP contribution >= 0.6 is 11.6 Å². The Labute approximate surface area is 116 Å². The summed E-state index contributed by atoms with van der Waals surface area (Å²) in [6.45, 7) is 1.75. The van der Waals surface area contributed by atoms with Crippen molar-refractivity contribution in [3.05, 3.63) is 34.6 Å². The van der Waals surface area contributed by atoms with Crippen molar-refractivity contribution in [2.45, 2.75) is 12.6 Å². The fourth-order valence-electron chi connectivity index (χ4n) is 2.03. The summed E-state index contributed by atoms with van der Waals surface area (Å²) in [6.07, 6.45) is -0.621. The van der Waals surface area contributed by atoms with E-state index < -0.39 is 12.1 Å². The second-order valence-electron chi connectivity index (χ2n) is 4.32. The van der Waals surface area contributed by atoms with Crippen LogP contribution in [0.1, 0.15) is 5.56 Å². The number of carbonyl (C=O) groups is 1. The quantitative estimate of drug-likeness (QED) is 0.796. The van der Waals surface area contributed by atoms with Crippen LogP contribution in [-0.2, 0) is 20.8 Å². The molecule has 1 aromatic rings. The van der Waals surface area contributed by atoms with Crippen LogP contribution in [-0.4, -0.2) is 43.8 Å². The van der Waals surface area contributed by atoms with Gasteiger partial charge in [0.25, 0.3) is 0 Å². The van der Waals surface area contributed by atoms with Crippen molar-refractivity contribution in [3.8, 4) is 0 Å². The van der Waals surface area contributed by atoms with E-state index in [9.17, 15) is 9.18 Å². The van der Waals surface area contributed by atoms with E-state index in [1.54, 1.807) is 12.1 Å². The van der Waals surface area contributed by atoms with Gasteiger partial charge in [0.05, 0.1) is 13.7 Å². The molecule has 0 spiro atoms. The van der Waals surface area contributed by atoms with Gasteiger partial charge in [0.1, 0.15) is 5.82 Å². The predicted molar refractivity (Wildman–Crippen MR) is 68.4 cm³/mol. The highest BCUT2D eigenvalue weighted by atomic mass is 35.5. The van der Waals surface area contributed by atoms with Gasteiger partial charge in [-0.1, -0.05) is 17.7 Å². The summed E-state index contributed by atoms with van der Waals surface area (Å²) in [5.41, 5.74) is 0.440. The molecule has 0 aromatic heterocycles. The van der Waals surface area contributed by atoms with Crippen molar-refractivity contribution in [3.63, 3.8) is 0 Å². The zero-order valence-corrected chi connectivity index (χ0v) is 11.3. The second kappa shape index (κ2) is 6.32. The Morgan fingerprint density at radius 3 is 3.11 bits per heavy atom. The molecule has 104 valence electrons. The molecule has 0 radical (unpaired) electrons. The van der Waals surface area contributed by atoms with Crippen molar-refractivity contribution < 1.29 is 18.7 Å². The van der Waals surface area contributed by atoms with Crippen molar-refractivity contribution in [2.75, 3.05) is 26.8 Å². The molecule has 19 heavy (non-hydrogen) atoms. The first-order valence-electron chi connectivity index (χ1n) is 5.96. The van der Waals surface area contributed by atoms with E-state index >= 15 is 0 Å². The fourth-order valence-corrected chi connectivity index (χ4v) is 2.25. The molecule has 1 aliphatic heterocycles. The number of rotatable bonds is 3. The van der Waals surface area contributed by atoms with Crippen LogP contribution in [0.15, 0.2) is 18.2 Å². The number of esters is 1. The SMILES string of the molecule is COC(=O)C1CN(Cc2c(F)cccc2Cl)CCO1. The van der Waals surface area contributed by atoms with Gasteiger partial charge in [-0.15, -0.1) is 0 Å². The lowest BCUT2D eigenvalue weighted by molar-refractivity contribution is -0.160. The molecule has 1 saturated heterocycles. The molecule has 0 bridgehead atoms. The molecule has 2 rings (SSSR count). The standard InChI is InChI=1S/C13H15ClFNO3/c1-18-13(17)12-8-16(5-6-19-12)7-9-10(14)3-2-4-11(9)15/h2-4,12H,5-8H2,1H3. The summed E-state index contributed by atoms with van der Waals surface area (Å²) in [5, 5.41) is 0.390. The van der Waals surface area contributed by atoms with Crippen molar-refractivity contribution in [2.24, 2.45) is 0 Å². The van der Waals surface area contributed by atoms with Gasteiger partial charge in [-0.3, -0.25) is 4.90 Å². The van der Waals surface area contributed by atoms with Crippen LogP contribution in [0.3, 0.4) is 0 Å². The Morgan fingerprint density at radius 2 is 2.42 bits per heavy atom. The van der Waals surface area contributed by atoms with E-state index in [4.69, 9.17) is 16.3 Å². The predicted octanol–water partition coefficient (Wildman–Crippen LogP) is 1.85. The molecule has 1 heterocycles. The Bertz CT molecular complexity index is 449. The zero-order valence-electron chi connectivity index (χ0n) is 10.6. The lowest BCUT2D eigenvalue weighted by atomic mass is 10.1. The highest BCUT2D eigenvalue weighted by molar-refractivity contribution is 6.31. The van der Waals surface area contributed by atoms with E-state index in [1.165, 1.54) is 13.2 Å². The third kappa shape index (κ3) is 3.43. The number of halogens is 2. The first kappa shape index (κ1) is 14.2. The molecule has 4 nitrogen and oxygen atoms in total. The van der Waals surface area contributed by atoms with Crippen LogP contribution in [0.4, 0.5) is 4.39 Å². The minimum atomic E-state index is -0.621. The topological polar surface area (TPSA) is 38.8 Å². The number of ether oxygens (including phenoxy) is 2. The monoisotopic (exact) mass is 287 g/mol. The number of benzene rings is 1. The highest BCUT2D eigenvalue weighted by Gasteiger charge is 2.28. The maximum Gasteiger partial charge on any atom is 0.336 e. The molecule has 1 aliphatic rings. The number of nitrogens with zero attached hydrogens (tertiary/aromatic N) is 1. The van der Waals surface area contributed by atoms with Crippen LogP contribution < -0.4 is 0 Å². The van der Waals surface area contributed by atoms with Crippen LogP contribution in [0.5, 0.6) is 0 Å². The van der Waals surface area contributed by atoms with E-state index in [-0.39, 0.29) is 5.82 Å². The van der Waals surface area contributed by atoms with Gasteiger partial charge in [0.2, 0.25) is 0 Å². The van der Waals surface area contributed by atoms with Gasteiger partial charge in [-0.2, -0.15) is 0 Å². The molecular formula is C13H15ClFNO3. The Kier molecular flexibility index (Phi) is 4.74. The lowest BCUT2D eigenvalue weighted by Crippen LogP contribution is -2.46. The second-order valence-corrected chi connectivity index (χ2v) is 4.73. The minimum absolute atomic E-state index is 0.339. The maximum absolute atomic E-state index is 13.7. The molecule has 1 atom stereocenters. The molecule has 1 aromatic carbocycles. The van der Waals surface area contributed by atoms with Crippen molar-refractivity contribution in [1.29, 1.82) is 0 Å². The third-order valence-corrected chi connectivity index (χ3v) is 3.41. The Morgan fingerprint density at radius 1 is 1.63 bits per heavy atom. The highest BCUT2D eigenvalue weighted by Crippen LogP contribution is 2.21. The van der Waals surface area contributed by atoms with Crippen molar-refractivity contribution in [1.82, 2.24) is 4.90 Å². The van der Waals surface area contributed by atoms with E-state index in [0.717, 1.165) is 0 Å². The molecule has 0 saturated carbocycles. The van der Waals surface area contributed by atoms with Crippen LogP contribution in [0.25, 0.3) is 0 Å². The number of hydrogen-bond acceptors (Lipinski definition) is 4. The average Bonchev–Trinajstić information content (AvgIpc) is 2.42. The summed E-state index contributed by atoms with van der Waals surface area (Å²) in [7, 11) is 1.32. The average molecular weight is 288 g/mol. The zero-order chi connectivity index (χ0) is 13.8. The Hall–Kier alpha value is -1.17. The number of methoxy groups -OCH3 is 1. The van der Waals surface area contributed by atoms with E-state index in [2.05, 4.69) is 4.74 Å². The first-order valence-corrected chi connectivity index (χ1v) is 6.34. The number of morpholine rings is 1. The summed E-state index contributed by atoms with van der Waals surface area (Å²) in [6, 6.07) is 4.59. The third-order valence-electron chi connectivity index (χ3n) is 3.06. The smallest absolute Gasteiger partial charge is 0.336 e. The first-order chi connectivity index (χ1) is 9.11. The van der Waals surface area contributed by atoms with Gasteiger partial charge in [-0.05, 0) is 12.1 Å². The number of hydrogen-bond donors (Lipinski definition) is 0. The Balaban J connectivity index is 2.05. The maximum atomic E-state index is 13.7. The molecule has 0 N–H and O–H groups in total. The summed E-state index contributed by atoms with van der Waals surface area (Å²) >= 11 is 5.99. The van der Waals surface area contributed by atoms with Gasteiger partial charge < -0.3 is 9.47 Å².